The van der Waals surface area contributed by atoms with Gasteiger partial charge in [0, 0.05) is 0 Å². The maximum absolute atomic E-state index is 12.9. The third-order valence-electron chi connectivity index (χ3n) is 3.45. The molecule has 1 aliphatic carbocycles. The van der Waals surface area contributed by atoms with E-state index in [0.29, 0.717) is 0 Å². The van der Waals surface area contributed by atoms with Crippen LogP contribution in [-0.4, -0.2) is 6.10 Å². The Kier molecular flexibility index (Phi) is 4.47. The molecule has 5 heteroatoms. The molecule has 0 bridgehead atoms. The standard InChI is InChI=1S/C14H18F3NO/c1-10(18-19-11-6-2-3-7-11)12-8-4-5-9-13(12)14(15,16)17/h4-5,8-11,18H,2-3,6-7H2,1H3. The third-order valence-corrected chi connectivity index (χ3v) is 3.45. The Morgan fingerprint density at radius 2 is 1.84 bits per heavy atom. The molecule has 1 saturated carbocycles. The van der Waals surface area contributed by atoms with Crippen LogP contribution >= 0.6 is 0 Å². The van der Waals surface area contributed by atoms with Crippen LogP contribution in [0.4, 0.5) is 13.2 Å². The Morgan fingerprint density at radius 1 is 1.21 bits per heavy atom. The molecule has 1 N–H and O–H groups in total. The minimum absolute atomic E-state index is 0.125. The van der Waals surface area contributed by atoms with Gasteiger partial charge in [-0.25, -0.2) is 0 Å². The summed E-state index contributed by atoms with van der Waals surface area (Å²) in [4.78, 5) is 5.47. The van der Waals surface area contributed by atoms with Crippen molar-refractivity contribution in [1.29, 1.82) is 0 Å². The summed E-state index contributed by atoms with van der Waals surface area (Å²) in [6.45, 7) is 1.68. The van der Waals surface area contributed by atoms with Crippen LogP contribution in [0.5, 0.6) is 0 Å². The molecule has 0 aromatic heterocycles. The minimum Gasteiger partial charge on any atom is -0.298 e. The summed E-state index contributed by atoms with van der Waals surface area (Å²) in [6, 6.07) is 5.11. The smallest absolute Gasteiger partial charge is 0.298 e. The molecule has 1 atom stereocenters. The molecule has 2 nitrogen and oxygen atoms in total. The second-order valence-corrected chi connectivity index (χ2v) is 4.95. The van der Waals surface area contributed by atoms with Crippen LogP contribution in [0.25, 0.3) is 0 Å². The zero-order chi connectivity index (χ0) is 13.9. The second kappa shape index (κ2) is 5.92. The van der Waals surface area contributed by atoms with Gasteiger partial charge in [-0.1, -0.05) is 31.0 Å². The lowest BCUT2D eigenvalue weighted by Crippen LogP contribution is -2.26. The van der Waals surface area contributed by atoms with Crippen LogP contribution in [0.2, 0.25) is 0 Å². The number of rotatable bonds is 4. The highest BCUT2D eigenvalue weighted by atomic mass is 19.4. The Morgan fingerprint density at radius 3 is 2.47 bits per heavy atom. The summed E-state index contributed by atoms with van der Waals surface area (Å²) in [7, 11) is 0. The fourth-order valence-electron chi connectivity index (χ4n) is 2.40. The predicted molar refractivity (Wildman–Crippen MR) is 66.3 cm³/mol. The number of nitrogens with one attached hydrogen (secondary N) is 1. The van der Waals surface area contributed by atoms with Crippen molar-refractivity contribution in [2.24, 2.45) is 0 Å². The van der Waals surface area contributed by atoms with E-state index in [1.54, 1.807) is 13.0 Å². The monoisotopic (exact) mass is 273 g/mol. The number of hydrogen-bond acceptors (Lipinski definition) is 2. The highest BCUT2D eigenvalue weighted by Gasteiger charge is 2.34. The summed E-state index contributed by atoms with van der Waals surface area (Å²) >= 11 is 0. The molecule has 0 heterocycles. The lowest BCUT2D eigenvalue weighted by Gasteiger charge is -2.21. The summed E-state index contributed by atoms with van der Waals surface area (Å²) in [5.41, 5.74) is 2.36. The van der Waals surface area contributed by atoms with E-state index in [2.05, 4.69) is 5.48 Å². The van der Waals surface area contributed by atoms with E-state index >= 15 is 0 Å². The largest absolute Gasteiger partial charge is 0.416 e. The first kappa shape index (κ1) is 14.3. The second-order valence-electron chi connectivity index (χ2n) is 4.95. The summed E-state index contributed by atoms with van der Waals surface area (Å²) in [5, 5.41) is 0. The van der Waals surface area contributed by atoms with E-state index in [1.165, 1.54) is 12.1 Å². The van der Waals surface area contributed by atoms with E-state index in [9.17, 15) is 13.2 Å². The van der Waals surface area contributed by atoms with Gasteiger partial charge >= 0.3 is 6.18 Å². The molecule has 1 fully saturated rings. The summed E-state index contributed by atoms with van der Waals surface area (Å²) < 4.78 is 38.6. The van der Waals surface area contributed by atoms with E-state index in [-0.39, 0.29) is 11.7 Å². The molecule has 1 aromatic rings. The predicted octanol–water partition coefficient (Wildman–Crippen LogP) is 4.23. The minimum atomic E-state index is -4.33. The highest BCUT2D eigenvalue weighted by Crippen LogP contribution is 2.34. The van der Waals surface area contributed by atoms with E-state index < -0.39 is 17.8 Å². The number of hydroxylamine groups is 1. The van der Waals surface area contributed by atoms with Crippen molar-refractivity contribution in [1.82, 2.24) is 5.48 Å². The van der Waals surface area contributed by atoms with Gasteiger partial charge in [-0.05, 0) is 31.4 Å². The van der Waals surface area contributed by atoms with Gasteiger partial charge in [0.15, 0.2) is 0 Å². The van der Waals surface area contributed by atoms with Gasteiger partial charge < -0.3 is 0 Å². The molecule has 0 saturated heterocycles. The molecule has 0 amide bonds. The SMILES string of the molecule is CC(NOC1CCCC1)c1ccccc1C(F)(F)F. The van der Waals surface area contributed by atoms with Crippen molar-refractivity contribution in [3.05, 3.63) is 35.4 Å². The first-order valence-electron chi connectivity index (χ1n) is 6.56. The van der Waals surface area contributed by atoms with Crippen LogP contribution in [0.15, 0.2) is 24.3 Å². The van der Waals surface area contributed by atoms with Gasteiger partial charge in [-0.2, -0.15) is 18.7 Å². The van der Waals surface area contributed by atoms with Crippen LogP contribution < -0.4 is 5.48 Å². The number of benzene rings is 1. The zero-order valence-corrected chi connectivity index (χ0v) is 10.8. The van der Waals surface area contributed by atoms with Crippen LogP contribution in [0.3, 0.4) is 0 Å². The lowest BCUT2D eigenvalue weighted by molar-refractivity contribution is -0.139. The molecular formula is C14H18F3NO. The van der Waals surface area contributed by atoms with E-state index in [4.69, 9.17) is 4.84 Å². The van der Waals surface area contributed by atoms with Gasteiger partial charge in [0.25, 0.3) is 0 Å². The molecule has 0 spiro atoms. The first-order chi connectivity index (χ1) is 8.98. The van der Waals surface area contributed by atoms with Gasteiger partial charge in [-0.15, -0.1) is 0 Å². The zero-order valence-electron chi connectivity index (χ0n) is 10.8. The maximum atomic E-state index is 12.9. The van der Waals surface area contributed by atoms with Crippen molar-refractivity contribution >= 4 is 0 Å². The number of hydrogen-bond donors (Lipinski definition) is 1. The average Bonchev–Trinajstić information content (AvgIpc) is 2.88. The van der Waals surface area contributed by atoms with Gasteiger partial charge in [0.2, 0.25) is 0 Å². The van der Waals surface area contributed by atoms with Crippen molar-refractivity contribution in [2.75, 3.05) is 0 Å². The quantitative estimate of drug-likeness (QED) is 0.829. The topological polar surface area (TPSA) is 21.3 Å². The number of alkyl halides is 3. The Hall–Kier alpha value is -1.07. The summed E-state index contributed by atoms with van der Waals surface area (Å²) in [6.07, 6.45) is -0.0125. The fraction of sp³-hybridized carbons (Fsp3) is 0.571. The lowest BCUT2D eigenvalue weighted by atomic mass is 10.0. The fourth-order valence-corrected chi connectivity index (χ4v) is 2.40. The van der Waals surface area contributed by atoms with Crippen molar-refractivity contribution in [3.8, 4) is 0 Å². The normalized spacial score (nSPS) is 18.7. The van der Waals surface area contributed by atoms with Gasteiger partial charge in [0.1, 0.15) is 0 Å². The molecule has 19 heavy (non-hydrogen) atoms. The molecular weight excluding hydrogens is 255 g/mol. The average molecular weight is 273 g/mol. The maximum Gasteiger partial charge on any atom is 0.416 e. The third kappa shape index (κ3) is 3.70. The molecule has 1 aliphatic rings. The molecule has 2 rings (SSSR count). The molecule has 0 radical (unpaired) electrons. The summed E-state index contributed by atoms with van der Waals surface area (Å²) in [5.74, 6) is 0. The first-order valence-corrected chi connectivity index (χ1v) is 6.56. The van der Waals surface area contributed by atoms with E-state index in [1.807, 2.05) is 0 Å². The molecule has 1 unspecified atom stereocenters. The highest BCUT2D eigenvalue weighted by molar-refractivity contribution is 5.31. The Balaban J connectivity index is 2.03. The molecule has 0 aliphatic heterocycles. The Labute approximate surface area is 110 Å². The van der Waals surface area contributed by atoms with Crippen molar-refractivity contribution in [2.45, 2.75) is 50.9 Å². The van der Waals surface area contributed by atoms with Crippen molar-refractivity contribution in [3.63, 3.8) is 0 Å². The Bertz CT molecular complexity index is 413. The van der Waals surface area contributed by atoms with Crippen LogP contribution in [0, 0.1) is 0 Å². The number of halogens is 3. The van der Waals surface area contributed by atoms with Crippen molar-refractivity contribution < 1.29 is 18.0 Å². The van der Waals surface area contributed by atoms with Crippen LogP contribution in [0.1, 0.15) is 49.8 Å². The molecule has 1 aromatic carbocycles. The molecule has 106 valence electrons. The van der Waals surface area contributed by atoms with Gasteiger partial charge in [-0.3, -0.25) is 4.84 Å². The van der Waals surface area contributed by atoms with Gasteiger partial charge in [0.05, 0.1) is 17.7 Å². The van der Waals surface area contributed by atoms with E-state index in [0.717, 1.165) is 31.7 Å². The van der Waals surface area contributed by atoms with Crippen LogP contribution in [-0.2, 0) is 11.0 Å².